The molecule has 0 radical (unpaired) electrons. The highest BCUT2D eigenvalue weighted by molar-refractivity contribution is 5.93. The zero-order valence-electron chi connectivity index (χ0n) is 22.6. The molecule has 0 aliphatic carbocycles. The van der Waals surface area contributed by atoms with Crippen molar-refractivity contribution in [2.75, 3.05) is 33.0 Å². The largest absolute Gasteiger partial charge is 0.494 e. The normalized spacial score (nSPS) is 16.9. The Kier molecular flexibility index (Phi) is 9.05. The highest BCUT2D eigenvalue weighted by Crippen LogP contribution is 2.27. The third-order valence-electron chi connectivity index (χ3n) is 6.94. The number of hydrogen-bond donors (Lipinski definition) is 1. The predicted molar refractivity (Wildman–Crippen MR) is 141 cm³/mol. The first kappa shape index (κ1) is 27.6. The first-order valence-corrected chi connectivity index (χ1v) is 12.9. The molecule has 3 heterocycles. The monoisotopic (exact) mass is 501 g/mol. The fourth-order valence-electron chi connectivity index (χ4n) is 4.65. The molecule has 10 heteroatoms. The summed E-state index contributed by atoms with van der Waals surface area (Å²) >= 11 is 0. The maximum atomic E-state index is 14.3. The zero-order chi connectivity index (χ0) is 26.6. The second-order valence-corrected chi connectivity index (χ2v) is 9.50. The van der Waals surface area contributed by atoms with Gasteiger partial charge >= 0.3 is 0 Å². The molecule has 0 saturated carbocycles. The van der Waals surface area contributed by atoms with E-state index < -0.39 is 5.82 Å². The summed E-state index contributed by atoms with van der Waals surface area (Å²) in [4.78, 5) is 26.1. The van der Waals surface area contributed by atoms with E-state index in [1.54, 1.807) is 0 Å². The lowest BCUT2D eigenvalue weighted by molar-refractivity contribution is -0.135. The number of halogens is 1. The summed E-state index contributed by atoms with van der Waals surface area (Å²) in [6, 6.07) is 3.44. The van der Waals surface area contributed by atoms with Crippen molar-refractivity contribution in [2.45, 2.75) is 72.4 Å². The minimum atomic E-state index is -0.492. The molecule has 9 nitrogen and oxygen atoms in total. The van der Waals surface area contributed by atoms with Gasteiger partial charge in [-0.3, -0.25) is 4.79 Å². The SMILES string of the molecule is CC.COc1cc2nc(N)n3nc(CCC[C@H](C)N(C)C(=O)[C@@H]4CCN(C(C)C)C4)nc3c2cc1F. The van der Waals surface area contributed by atoms with Crippen LogP contribution >= 0.6 is 0 Å². The van der Waals surface area contributed by atoms with E-state index in [1.165, 1.54) is 23.8 Å². The Morgan fingerprint density at radius 1 is 1.28 bits per heavy atom. The molecule has 1 fully saturated rings. The minimum Gasteiger partial charge on any atom is -0.494 e. The van der Waals surface area contributed by atoms with Gasteiger partial charge < -0.3 is 20.3 Å². The zero-order valence-corrected chi connectivity index (χ0v) is 22.6. The topological polar surface area (TPSA) is 102 Å². The number of likely N-dealkylation sites (tertiary alicyclic amines) is 1. The van der Waals surface area contributed by atoms with Crippen molar-refractivity contribution in [2.24, 2.45) is 5.92 Å². The van der Waals surface area contributed by atoms with E-state index in [9.17, 15) is 9.18 Å². The molecule has 1 saturated heterocycles. The standard InChI is InChI=1S/C24H34FN7O2.C2H6/c1-14(2)31-10-9-16(13-31)23(33)30(4)15(3)7-6-8-21-28-22-17-11-18(25)20(34-5)12-19(17)27-24(26)32(22)29-21;1-2/h11-12,14-16H,6-10,13H2,1-5H3,(H2,26,27);1-2H3/t15-,16+;/m0./s1. The molecule has 2 atom stereocenters. The van der Waals surface area contributed by atoms with Crippen molar-refractivity contribution >= 4 is 28.4 Å². The number of carbonyl (C=O) groups excluding carboxylic acids is 1. The lowest BCUT2D eigenvalue weighted by Gasteiger charge is -2.28. The number of aromatic nitrogens is 4. The van der Waals surface area contributed by atoms with E-state index in [1.807, 2.05) is 25.8 Å². The minimum absolute atomic E-state index is 0.0812. The van der Waals surface area contributed by atoms with Crippen molar-refractivity contribution in [3.05, 3.63) is 23.8 Å². The first-order chi connectivity index (χ1) is 17.2. The van der Waals surface area contributed by atoms with Gasteiger partial charge in [0.1, 0.15) is 0 Å². The van der Waals surface area contributed by atoms with Crippen LogP contribution in [-0.2, 0) is 11.2 Å². The molecule has 1 aromatic carbocycles. The van der Waals surface area contributed by atoms with Gasteiger partial charge in [-0.15, -0.1) is 5.10 Å². The molecule has 1 aliphatic heterocycles. The Labute approximate surface area is 212 Å². The summed E-state index contributed by atoms with van der Waals surface area (Å²) in [6.45, 7) is 12.3. The molecule has 36 heavy (non-hydrogen) atoms. The Morgan fingerprint density at radius 3 is 2.64 bits per heavy atom. The average Bonchev–Trinajstić information content (AvgIpc) is 3.53. The molecule has 4 rings (SSSR count). The Bertz CT molecular complexity index is 1200. The maximum Gasteiger partial charge on any atom is 0.227 e. The van der Waals surface area contributed by atoms with E-state index in [0.29, 0.717) is 34.8 Å². The van der Waals surface area contributed by atoms with Crippen LogP contribution in [0.15, 0.2) is 12.1 Å². The van der Waals surface area contributed by atoms with E-state index in [4.69, 9.17) is 10.5 Å². The molecule has 1 aliphatic rings. The van der Waals surface area contributed by atoms with Crippen LogP contribution in [-0.4, -0.2) is 74.6 Å². The number of nitrogens with zero attached hydrogens (tertiary/aromatic N) is 6. The highest BCUT2D eigenvalue weighted by Gasteiger charge is 2.32. The summed E-state index contributed by atoms with van der Waals surface area (Å²) in [7, 11) is 3.30. The van der Waals surface area contributed by atoms with Gasteiger partial charge in [-0.05, 0) is 52.6 Å². The molecule has 2 N–H and O–H groups in total. The first-order valence-electron chi connectivity index (χ1n) is 12.9. The summed E-state index contributed by atoms with van der Waals surface area (Å²) in [6.07, 6.45) is 3.19. The lowest BCUT2D eigenvalue weighted by atomic mass is 10.0. The number of benzene rings is 1. The van der Waals surface area contributed by atoms with Crippen LogP contribution in [0.4, 0.5) is 10.3 Å². The quantitative estimate of drug-likeness (QED) is 0.499. The number of rotatable bonds is 8. The van der Waals surface area contributed by atoms with Crippen molar-refractivity contribution < 1.29 is 13.9 Å². The molecule has 0 spiro atoms. The molecular weight excluding hydrogens is 461 g/mol. The smallest absolute Gasteiger partial charge is 0.227 e. The fourth-order valence-corrected chi connectivity index (χ4v) is 4.65. The summed E-state index contributed by atoms with van der Waals surface area (Å²) in [5, 5.41) is 5.00. The number of amides is 1. The van der Waals surface area contributed by atoms with Gasteiger partial charge in [0.2, 0.25) is 11.9 Å². The number of nitrogens with two attached hydrogens (primary N) is 1. The maximum absolute atomic E-state index is 14.3. The number of methoxy groups -OCH3 is 1. The molecule has 1 amide bonds. The van der Waals surface area contributed by atoms with Crippen molar-refractivity contribution in [3.63, 3.8) is 0 Å². The van der Waals surface area contributed by atoms with E-state index in [0.717, 1.165) is 32.4 Å². The Morgan fingerprint density at radius 2 is 2.00 bits per heavy atom. The number of hydrogen-bond acceptors (Lipinski definition) is 7. The van der Waals surface area contributed by atoms with Crippen molar-refractivity contribution in [1.29, 1.82) is 0 Å². The van der Waals surface area contributed by atoms with Crippen LogP contribution in [0, 0.1) is 11.7 Å². The van der Waals surface area contributed by atoms with Crippen LogP contribution in [0.1, 0.15) is 59.7 Å². The van der Waals surface area contributed by atoms with E-state index >= 15 is 0 Å². The third-order valence-corrected chi connectivity index (χ3v) is 6.94. The summed E-state index contributed by atoms with van der Waals surface area (Å²) in [5.41, 5.74) is 7.04. The Balaban J connectivity index is 0.00000176. The van der Waals surface area contributed by atoms with Gasteiger partial charge in [0, 0.05) is 43.5 Å². The predicted octanol–water partition coefficient (Wildman–Crippen LogP) is 3.93. The number of carbonyl (C=O) groups is 1. The lowest BCUT2D eigenvalue weighted by Crippen LogP contribution is -2.40. The van der Waals surface area contributed by atoms with Gasteiger partial charge in [0.25, 0.3) is 0 Å². The van der Waals surface area contributed by atoms with Gasteiger partial charge in [0.05, 0.1) is 18.5 Å². The highest BCUT2D eigenvalue weighted by atomic mass is 19.1. The molecule has 2 aromatic heterocycles. The van der Waals surface area contributed by atoms with Gasteiger partial charge in [-0.1, -0.05) is 13.8 Å². The average molecular weight is 502 g/mol. The van der Waals surface area contributed by atoms with Crippen LogP contribution in [0.25, 0.3) is 16.6 Å². The van der Waals surface area contributed by atoms with Crippen LogP contribution in [0.5, 0.6) is 5.75 Å². The van der Waals surface area contributed by atoms with Crippen LogP contribution in [0.3, 0.4) is 0 Å². The van der Waals surface area contributed by atoms with E-state index in [2.05, 4.69) is 40.7 Å². The molecular formula is C26H40FN7O2. The third kappa shape index (κ3) is 5.69. The molecule has 0 unspecified atom stereocenters. The molecule has 3 aromatic rings. The van der Waals surface area contributed by atoms with Gasteiger partial charge in [0.15, 0.2) is 23.0 Å². The number of aryl methyl sites for hydroxylation is 1. The number of nitrogen functional groups attached to an aromatic ring is 1. The number of fused-ring (bicyclic) bond motifs is 3. The number of ether oxygens (including phenoxy) is 1. The summed E-state index contributed by atoms with van der Waals surface area (Å²) in [5.74, 6) is 0.711. The fraction of sp³-hybridized carbons (Fsp3) is 0.615. The van der Waals surface area contributed by atoms with Crippen molar-refractivity contribution in [1.82, 2.24) is 29.4 Å². The molecule has 0 bridgehead atoms. The van der Waals surface area contributed by atoms with Gasteiger partial charge in [-0.2, -0.15) is 4.52 Å². The second-order valence-electron chi connectivity index (χ2n) is 9.50. The van der Waals surface area contributed by atoms with E-state index in [-0.39, 0.29) is 29.6 Å². The van der Waals surface area contributed by atoms with Crippen LogP contribution < -0.4 is 10.5 Å². The molecule has 198 valence electrons. The summed E-state index contributed by atoms with van der Waals surface area (Å²) < 4.78 is 20.8. The second kappa shape index (κ2) is 11.8. The van der Waals surface area contributed by atoms with Crippen LogP contribution in [0.2, 0.25) is 0 Å². The number of anilines is 1. The van der Waals surface area contributed by atoms with Gasteiger partial charge in [-0.25, -0.2) is 14.4 Å². The Hall–Kier alpha value is -3.01. The van der Waals surface area contributed by atoms with Crippen molar-refractivity contribution in [3.8, 4) is 5.75 Å².